The molecule has 1 aromatic carbocycles. The maximum absolute atomic E-state index is 5.85. The fourth-order valence-corrected chi connectivity index (χ4v) is 2.41. The van der Waals surface area contributed by atoms with Crippen LogP contribution in [0.25, 0.3) is 11.3 Å². The van der Waals surface area contributed by atoms with Gasteiger partial charge in [-0.2, -0.15) is 0 Å². The third kappa shape index (κ3) is 2.85. The van der Waals surface area contributed by atoms with E-state index in [-0.39, 0.29) is 0 Å². The van der Waals surface area contributed by atoms with Crippen molar-refractivity contribution in [1.29, 1.82) is 0 Å². The number of rotatable bonds is 3. The molecule has 0 spiro atoms. The Morgan fingerprint density at radius 3 is 3.00 bits per heavy atom. The van der Waals surface area contributed by atoms with Gasteiger partial charge in [-0.15, -0.1) is 0 Å². The van der Waals surface area contributed by atoms with Gasteiger partial charge in [0.25, 0.3) is 0 Å². The predicted octanol–water partition coefficient (Wildman–Crippen LogP) is 2.14. The number of hydrogen-bond acceptors (Lipinski definition) is 4. The zero-order valence-corrected chi connectivity index (χ0v) is 11.2. The van der Waals surface area contributed by atoms with Crippen LogP contribution in [0, 0.1) is 0 Å². The van der Waals surface area contributed by atoms with Crippen molar-refractivity contribution >= 4 is 0 Å². The number of nitrogens with zero attached hydrogens (tertiary/aromatic N) is 2. The minimum atomic E-state index is 0.529. The highest BCUT2D eigenvalue weighted by Crippen LogP contribution is 2.20. The summed E-state index contributed by atoms with van der Waals surface area (Å²) in [6.07, 6.45) is 1.82. The molecule has 0 radical (unpaired) electrons. The Balaban J connectivity index is 1.71. The Kier molecular flexibility index (Phi) is 3.62. The van der Waals surface area contributed by atoms with Crippen molar-refractivity contribution in [2.24, 2.45) is 0 Å². The van der Waals surface area contributed by atoms with Gasteiger partial charge in [0, 0.05) is 31.2 Å². The molecule has 1 atom stereocenters. The van der Waals surface area contributed by atoms with Gasteiger partial charge in [0.2, 0.25) is 5.89 Å². The van der Waals surface area contributed by atoms with Crippen LogP contribution < -0.4 is 5.32 Å². The maximum Gasteiger partial charge on any atom is 0.209 e. The first-order valence-electron chi connectivity index (χ1n) is 6.78. The van der Waals surface area contributed by atoms with Gasteiger partial charge in [0.1, 0.15) is 0 Å². The SMILES string of the molecule is C[C@@H]1CNCCN1Cc1ncc(-c2ccccc2)o1. The summed E-state index contributed by atoms with van der Waals surface area (Å²) in [6.45, 7) is 6.13. The average molecular weight is 257 g/mol. The van der Waals surface area contributed by atoms with Gasteiger partial charge in [-0.3, -0.25) is 4.90 Å². The van der Waals surface area contributed by atoms with Crippen molar-refractivity contribution in [3.63, 3.8) is 0 Å². The second-order valence-electron chi connectivity index (χ2n) is 5.01. The Morgan fingerprint density at radius 2 is 2.21 bits per heavy atom. The van der Waals surface area contributed by atoms with Crippen LogP contribution in [0.4, 0.5) is 0 Å². The number of oxazole rings is 1. The minimum Gasteiger partial charge on any atom is -0.439 e. The zero-order valence-electron chi connectivity index (χ0n) is 11.2. The van der Waals surface area contributed by atoms with Gasteiger partial charge < -0.3 is 9.73 Å². The smallest absolute Gasteiger partial charge is 0.209 e. The Morgan fingerprint density at radius 1 is 1.37 bits per heavy atom. The molecular formula is C15H19N3O. The second kappa shape index (κ2) is 5.55. The van der Waals surface area contributed by atoms with E-state index < -0.39 is 0 Å². The molecular weight excluding hydrogens is 238 g/mol. The lowest BCUT2D eigenvalue weighted by atomic mass is 10.2. The van der Waals surface area contributed by atoms with Crippen molar-refractivity contribution in [3.8, 4) is 11.3 Å². The van der Waals surface area contributed by atoms with E-state index in [1.165, 1.54) is 0 Å². The molecule has 2 aromatic rings. The van der Waals surface area contributed by atoms with E-state index in [0.29, 0.717) is 6.04 Å². The summed E-state index contributed by atoms with van der Waals surface area (Å²) in [5, 5.41) is 3.39. The van der Waals surface area contributed by atoms with E-state index in [1.807, 2.05) is 36.5 Å². The topological polar surface area (TPSA) is 41.3 Å². The van der Waals surface area contributed by atoms with Crippen LogP contribution in [0.1, 0.15) is 12.8 Å². The molecule has 19 heavy (non-hydrogen) atoms. The molecule has 100 valence electrons. The van der Waals surface area contributed by atoms with Crippen LogP contribution >= 0.6 is 0 Å². The summed E-state index contributed by atoms with van der Waals surface area (Å²) >= 11 is 0. The fourth-order valence-electron chi connectivity index (χ4n) is 2.41. The van der Waals surface area contributed by atoms with E-state index in [1.54, 1.807) is 0 Å². The monoisotopic (exact) mass is 257 g/mol. The van der Waals surface area contributed by atoms with E-state index >= 15 is 0 Å². The first kappa shape index (κ1) is 12.4. The third-order valence-corrected chi connectivity index (χ3v) is 3.59. The highest BCUT2D eigenvalue weighted by atomic mass is 16.4. The lowest BCUT2D eigenvalue weighted by Crippen LogP contribution is -2.49. The molecule has 1 fully saturated rings. The van der Waals surface area contributed by atoms with E-state index in [0.717, 1.165) is 43.4 Å². The quantitative estimate of drug-likeness (QED) is 0.914. The molecule has 2 heterocycles. The van der Waals surface area contributed by atoms with E-state index in [9.17, 15) is 0 Å². The Bertz CT molecular complexity index is 523. The minimum absolute atomic E-state index is 0.529. The maximum atomic E-state index is 5.85. The lowest BCUT2D eigenvalue weighted by Gasteiger charge is -2.32. The van der Waals surface area contributed by atoms with E-state index in [2.05, 4.69) is 22.1 Å². The Labute approximate surface area is 113 Å². The van der Waals surface area contributed by atoms with E-state index in [4.69, 9.17) is 4.42 Å². The molecule has 4 heteroatoms. The van der Waals surface area contributed by atoms with Crippen LogP contribution in [0.3, 0.4) is 0 Å². The molecule has 0 aliphatic carbocycles. The molecule has 1 aliphatic heterocycles. The first-order chi connectivity index (χ1) is 9.33. The summed E-state index contributed by atoms with van der Waals surface area (Å²) in [6, 6.07) is 10.6. The molecule has 1 saturated heterocycles. The van der Waals surface area contributed by atoms with Crippen LogP contribution in [0.2, 0.25) is 0 Å². The van der Waals surface area contributed by atoms with Gasteiger partial charge in [0.15, 0.2) is 5.76 Å². The highest BCUT2D eigenvalue weighted by Gasteiger charge is 2.19. The number of nitrogens with one attached hydrogen (secondary N) is 1. The predicted molar refractivity (Wildman–Crippen MR) is 74.7 cm³/mol. The van der Waals surface area contributed by atoms with Crippen molar-refractivity contribution in [2.45, 2.75) is 19.5 Å². The molecule has 4 nitrogen and oxygen atoms in total. The van der Waals surface area contributed by atoms with Crippen molar-refractivity contribution < 1.29 is 4.42 Å². The van der Waals surface area contributed by atoms with Gasteiger partial charge >= 0.3 is 0 Å². The molecule has 0 saturated carbocycles. The summed E-state index contributed by atoms with van der Waals surface area (Å²) in [7, 11) is 0. The van der Waals surface area contributed by atoms with Crippen LogP contribution in [-0.4, -0.2) is 35.6 Å². The van der Waals surface area contributed by atoms with Crippen molar-refractivity contribution in [2.75, 3.05) is 19.6 Å². The molecule has 3 rings (SSSR count). The average Bonchev–Trinajstić information content (AvgIpc) is 2.91. The Hall–Kier alpha value is -1.65. The van der Waals surface area contributed by atoms with Crippen molar-refractivity contribution in [3.05, 3.63) is 42.4 Å². The third-order valence-electron chi connectivity index (χ3n) is 3.59. The molecule has 0 amide bonds. The summed E-state index contributed by atoms with van der Waals surface area (Å²) in [5.74, 6) is 1.64. The largest absolute Gasteiger partial charge is 0.439 e. The molecule has 0 unspecified atom stereocenters. The van der Waals surface area contributed by atoms with Gasteiger partial charge in [-0.1, -0.05) is 30.3 Å². The molecule has 1 aromatic heterocycles. The lowest BCUT2D eigenvalue weighted by molar-refractivity contribution is 0.151. The van der Waals surface area contributed by atoms with Gasteiger partial charge in [-0.25, -0.2) is 4.98 Å². The van der Waals surface area contributed by atoms with Gasteiger partial charge in [0.05, 0.1) is 12.7 Å². The molecule has 1 N–H and O–H groups in total. The fraction of sp³-hybridized carbons (Fsp3) is 0.400. The number of piperazine rings is 1. The van der Waals surface area contributed by atoms with Crippen molar-refractivity contribution in [1.82, 2.24) is 15.2 Å². The van der Waals surface area contributed by atoms with Crippen LogP contribution in [0.15, 0.2) is 40.9 Å². The summed E-state index contributed by atoms with van der Waals surface area (Å²) in [5.41, 5.74) is 1.08. The first-order valence-corrected chi connectivity index (χ1v) is 6.78. The molecule has 1 aliphatic rings. The normalized spacial score (nSPS) is 20.6. The second-order valence-corrected chi connectivity index (χ2v) is 5.01. The zero-order chi connectivity index (χ0) is 13.1. The number of hydrogen-bond donors (Lipinski definition) is 1. The number of aromatic nitrogens is 1. The molecule has 0 bridgehead atoms. The highest BCUT2D eigenvalue weighted by molar-refractivity contribution is 5.55. The number of benzene rings is 1. The van der Waals surface area contributed by atoms with Crippen LogP contribution in [0.5, 0.6) is 0 Å². The summed E-state index contributed by atoms with van der Waals surface area (Å²) < 4.78 is 5.85. The standard InChI is InChI=1S/C15H19N3O/c1-12-9-16-7-8-18(12)11-15-17-10-14(19-15)13-5-3-2-4-6-13/h2-6,10,12,16H,7-9,11H2,1H3/t12-/m1/s1. The summed E-state index contributed by atoms with van der Waals surface area (Å²) in [4.78, 5) is 6.79. The van der Waals surface area contributed by atoms with Crippen LogP contribution in [-0.2, 0) is 6.54 Å². The van der Waals surface area contributed by atoms with Gasteiger partial charge in [-0.05, 0) is 6.92 Å².